The fourth-order valence-electron chi connectivity index (χ4n) is 7.32. The maximum atomic E-state index is 13.6. The summed E-state index contributed by atoms with van der Waals surface area (Å²) in [4.78, 5) is 59.2. The maximum absolute atomic E-state index is 13.6. The second kappa shape index (κ2) is 8.04. The Bertz CT molecular complexity index is 1270. The predicted molar refractivity (Wildman–Crippen MR) is 129 cm³/mol. The van der Waals surface area contributed by atoms with Crippen molar-refractivity contribution in [2.45, 2.75) is 22.6 Å². The van der Waals surface area contributed by atoms with Gasteiger partial charge in [-0.2, -0.15) is 0 Å². The van der Waals surface area contributed by atoms with E-state index in [0.717, 1.165) is 21.9 Å². The lowest BCUT2D eigenvalue weighted by Crippen LogP contribution is -2.47. The molecule has 8 nitrogen and oxygen atoms in total. The van der Waals surface area contributed by atoms with Gasteiger partial charge in [-0.1, -0.05) is 41.7 Å². The Balaban J connectivity index is 1.22. The van der Waals surface area contributed by atoms with Crippen molar-refractivity contribution in [2.75, 3.05) is 32.8 Å². The summed E-state index contributed by atoms with van der Waals surface area (Å²) in [5.74, 6) is -0.927. The molecule has 2 aromatic rings. The van der Waals surface area contributed by atoms with Gasteiger partial charge >= 0.3 is 4.87 Å². The number of imide groups is 1. The summed E-state index contributed by atoms with van der Waals surface area (Å²) in [6, 6.07) is 10.2. The zero-order chi connectivity index (χ0) is 23.8. The highest BCUT2D eigenvalue weighted by molar-refractivity contribution is 8.00. The molecule has 4 fully saturated rings. The molecule has 182 valence electrons. The van der Waals surface area contributed by atoms with E-state index in [1.54, 1.807) is 16.7 Å². The van der Waals surface area contributed by atoms with E-state index in [0.29, 0.717) is 26.3 Å². The number of H-pyrrole nitrogens is 1. The maximum Gasteiger partial charge on any atom is 0.305 e. The van der Waals surface area contributed by atoms with Crippen LogP contribution in [0.2, 0.25) is 0 Å². The number of ether oxygens (including phenoxy) is 1. The van der Waals surface area contributed by atoms with E-state index in [-0.39, 0.29) is 69.9 Å². The second-order valence-electron chi connectivity index (χ2n) is 10.1. The van der Waals surface area contributed by atoms with E-state index in [1.807, 2.05) is 18.2 Å². The number of amides is 3. The lowest BCUT2D eigenvalue weighted by Gasteiger charge is -2.43. The highest BCUT2D eigenvalue weighted by Crippen LogP contribution is 2.68. The van der Waals surface area contributed by atoms with E-state index >= 15 is 0 Å². The number of thiazole rings is 1. The van der Waals surface area contributed by atoms with Gasteiger partial charge in [-0.15, -0.1) is 11.8 Å². The number of morpholine rings is 1. The summed E-state index contributed by atoms with van der Waals surface area (Å²) in [6.45, 7) is 1.78. The van der Waals surface area contributed by atoms with Crippen molar-refractivity contribution in [1.29, 1.82) is 0 Å². The van der Waals surface area contributed by atoms with Crippen LogP contribution in [0, 0.1) is 29.6 Å². The standard InChI is InChI=1S/C25H25N3O5S2/c29-15(27-6-8-33-9-7-27)11-28-23(30)18-13-10-14(19(18)24(28)31)20-17(13)16(12-4-2-1-3-5-12)21-22(34-20)26-25(32)35-21/h1-5,13-14,16-20H,6-11H2,(H,26,32)/t13?,14?,16-,17?,18?,19?,20?/m1/s1. The van der Waals surface area contributed by atoms with Crippen LogP contribution in [0.15, 0.2) is 40.2 Å². The molecule has 2 saturated heterocycles. The number of aromatic amines is 1. The number of hydrogen-bond acceptors (Lipinski definition) is 7. The average molecular weight is 512 g/mol. The largest absolute Gasteiger partial charge is 0.378 e. The van der Waals surface area contributed by atoms with Crippen molar-refractivity contribution in [1.82, 2.24) is 14.8 Å². The topological polar surface area (TPSA) is 99.8 Å². The molecular formula is C25H25N3O5S2. The molecule has 3 aliphatic heterocycles. The van der Waals surface area contributed by atoms with Crippen LogP contribution in [0.1, 0.15) is 22.8 Å². The number of carbonyl (C=O) groups is 3. The minimum Gasteiger partial charge on any atom is -0.378 e. The summed E-state index contributed by atoms with van der Waals surface area (Å²) >= 11 is 2.95. The van der Waals surface area contributed by atoms with Gasteiger partial charge in [0.05, 0.1) is 30.1 Å². The third kappa shape index (κ3) is 3.15. The van der Waals surface area contributed by atoms with Crippen molar-refractivity contribution in [3.05, 3.63) is 50.4 Å². The molecular weight excluding hydrogens is 486 g/mol. The van der Waals surface area contributed by atoms with Gasteiger partial charge in [0.2, 0.25) is 17.7 Å². The second-order valence-corrected chi connectivity index (χ2v) is 12.3. The van der Waals surface area contributed by atoms with Crippen LogP contribution in [-0.2, 0) is 19.1 Å². The lowest BCUT2D eigenvalue weighted by atomic mass is 9.68. The molecule has 35 heavy (non-hydrogen) atoms. The number of carbonyl (C=O) groups excluding carboxylic acids is 3. The Morgan fingerprint density at radius 2 is 1.74 bits per heavy atom. The molecule has 0 spiro atoms. The third-order valence-electron chi connectivity index (χ3n) is 8.63. The first-order valence-corrected chi connectivity index (χ1v) is 13.9. The van der Waals surface area contributed by atoms with Crippen LogP contribution < -0.4 is 4.87 Å². The molecule has 1 N–H and O–H groups in total. The fraction of sp³-hybridized carbons (Fsp3) is 0.520. The van der Waals surface area contributed by atoms with Gasteiger partial charge in [0.1, 0.15) is 6.54 Å². The molecule has 1 aromatic carbocycles. The Labute approximate surface area is 210 Å². The number of thioether (sulfide) groups is 1. The van der Waals surface area contributed by atoms with Gasteiger partial charge in [-0.05, 0) is 29.7 Å². The monoisotopic (exact) mass is 511 g/mol. The van der Waals surface area contributed by atoms with Crippen LogP contribution in [0.4, 0.5) is 0 Å². The quantitative estimate of drug-likeness (QED) is 0.631. The van der Waals surface area contributed by atoms with E-state index in [2.05, 4.69) is 17.1 Å². The van der Waals surface area contributed by atoms with Gasteiger partial charge in [0.25, 0.3) is 0 Å². The summed E-state index contributed by atoms with van der Waals surface area (Å²) in [6.07, 6.45) is 0.850. The molecule has 7 atom stereocenters. The number of likely N-dealkylation sites (tertiary alicyclic amines) is 1. The number of hydrogen-bond donors (Lipinski definition) is 1. The van der Waals surface area contributed by atoms with Gasteiger partial charge in [0, 0.05) is 29.1 Å². The van der Waals surface area contributed by atoms with E-state index in [4.69, 9.17) is 4.74 Å². The molecule has 0 radical (unpaired) electrons. The molecule has 2 bridgehead atoms. The van der Waals surface area contributed by atoms with Gasteiger partial charge in [0.15, 0.2) is 0 Å². The Hall–Kier alpha value is -2.43. The lowest BCUT2D eigenvalue weighted by molar-refractivity contribution is -0.148. The average Bonchev–Trinajstić information content (AvgIpc) is 3.61. The summed E-state index contributed by atoms with van der Waals surface area (Å²) in [5, 5.41) is 1.08. The van der Waals surface area contributed by atoms with E-state index in [9.17, 15) is 19.2 Å². The first kappa shape index (κ1) is 21.8. The molecule has 10 heteroatoms. The molecule has 3 amide bonds. The number of nitrogens with zero attached hydrogens (tertiary/aromatic N) is 2. The Morgan fingerprint density at radius 3 is 2.49 bits per heavy atom. The van der Waals surface area contributed by atoms with Crippen molar-refractivity contribution >= 4 is 40.8 Å². The minimum absolute atomic E-state index is 0.0317. The van der Waals surface area contributed by atoms with Gasteiger partial charge in [-0.3, -0.25) is 24.1 Å². The van der Waals surface area contributed by atoms with Crippen molar-refractivity contribution in [3.8, 4) is 0 Å². The number of aromatic nitrogens is 1. The molecule has 2 aliphatic carbocycles. The number of benzene rings is 1. The molecule has 7 rings (SSSR count). The highest BCUT2D eigenvalue weighted by Gasteiger charge is 2.69. The van der Waals surface area contributed by atoms with Crippen LogP contribution >= 0.6 is 23.1 Å². The SMILES string of the molecule is O=C(CN1C(=O)C2C3CC(C2C1=O)C1C3Sc2[nH]c(=O)sc2[C@@H]1c1ccccc1)N1CCOCC1. The zero-order valence-corrected chi connectivity index (χ0v) is 20.6. The normalized spacial score (nSPS) is 35.3. The fourth-order valence-corrected chi connectivity index (χ4v) is 10.2. The summed E-state index contributed by atoms with van der Waals surface area (Å²) in [5.41, 5.74) is 1.15. The smallest absolute Gasteiger partial charge is 0.305 e. The Morgan fingerprint density at radius 1 is 1.03 bits per heavy atom. The minimum atomic E-state index is -0.365. The van der Waals surface area contributed by atoms with Crippen LogP contribution in [-0.4, -0.2) is 70.6 Å². The first-order valence-electron chi connectivity index (χ1n) is 12.2. The number of rotatable bonds is 3. The summed E-state index contributed by atoms with van der Waals surface area (Å²) < 4.78 is 5.32. The third-order valence-corrected chi connectivity index (χ3v) is 11.2. The van der Waals surface area contributed by atoms with Crippen molar-refractivity contribution in [3.63, 3.8) is 0 Å². The van der Waals surface area contributed by atoms with Crippen LogP contribution in [0.25, 0.3) is 0 Å². The predicted octanol–water partition coefficient (Wildman–Crippen LogP) is 1.77. The Kier molecular flexibility index (Phi) is 5.01. The van der Waals surface area contributed by atoms with E-state index < -0.39 is 0 Å². The van der Waals surface area contributed by atoms with Gasteiger partial charge < -0.3 is 14.6 Å². The van der Waals surface area contributed by atoms with E-state index in [1.165, 1.54) is 16.2 Å². The molecule has 4 heterocycles. The highest BCUT2D eigenvalue weighted by atomic mass is 32.2. The van der Waals surface area contributed by atoms with Gasteiger partial charge in [-0.25, -0.2) is 0 Å². The number of fused-ring (bicyclic) bond motifs is 9. The summed E-state index contributed by atoms with van der Waals surface area (Å²) in [7, 11) is 0. The van der Waals surface area contributed by atoms with Crippen molar-refractivity contribution in [2.24, 2.45) is 29.6 Å². The molecule has 1 aromatic heterocycles. The van der Waals surface area contributed by atoms with Crippen molar-refractivity contribution < 1.29 is 19.1 Å². The number of nitrogens with one attached hydrogen (secondary N) is 1. The zero-order valence-electron chi connectivity index (χ0n) is 18.9. The van der Waals surface area contributed by atoms with Crippen LogP contribution in [0.5, 0.6) is 0 Å². The molecule has 5 aliphatic rings. The molecule has 2 saturated carbocycles. The molecule has 6 unspecified atom stereocenters. The first-order chi connectivity index (χ1) is 17.0. The van der Waals surface area contributed by atoms with Crippen LogP contribution in [0.3, 0.4) is 0 Å².